The Balaban J connectivity index is 0.884. The Morgan fingerprint density at radius 3 is 1.48 bits per heavy atom. The first kappa shape index (κ1) is 40.3. The monoisotopic (exact) mass is 946 g/mol. The van der Waals surface area contributed by atoms with Crippen LogP contribution in [0.5, 0.6) is 0 Å². The molecule has 0 saturated heterocycles. The number of rotatable bonds is 4. The summed E-state index contributed by atoms with van der Waals surface area (Å²) in [4.78, 5) is 16.3. The van der Waals surface area contributed by atoms with E-state index in [0.717, 1.165) is 83.5 Å². The molecule has 9 aromatic carbocycles. The van der Waals surface area contributed by atoms with E-state index in [1.165, 1.54) is 53.5 Å². The summed E-state index contributed by atoms with van der Waals surface area (Å²) >= 11 is 1.84. The molecule has 2 aliphatic rings. The summed E-state index contributed by atoms with van der Waals surface area (Å²) in [5.41, 5.74) is 19.0. The van der Waals surface area contributed by atoms with Crippen LogP contribution in [0.1, 0.15) is 22.3 Å². The van der Waals surface area contributed by atoms with E-state index in [1.807, 2.05) is 36.3 Å². The minimum absolute atomic E-state index is 0.635. The first-order valence-corrected chi connectivity index (χ1v) is 25.4. The van der Waals surface area contributed by atoms with Gasteiger partial charge < -0.3 is 13.7 Å². The molecule has 6 heterocycles. The van der Waals surface area contributed by atoms with Crippen molar-refractivity contribution >= 4 is 82.9 Å². The molecule has 73 heavy (non-hydrogen) atoms. The zero-order chi connectivity index (χ0) is 47.9. The van der Waals surface area contributed by atoms with Crippen molar-refractivity contribution in [2.24, 2.45) is 0 Å². The molecule has 0 amide bonds. The summed E-state index contributed by atoms with van der Waals surface area (Å²) in [6, 6.07) is 79.4. The number of para-hydroxylation sites is 6. The maximum Gasteiger partial charge on any atom is 0.188 e. The second-order valence-electron chi connectivity index (χ2n) is 19.2. The predicted molar refractivity (Wildman–Crippen MR) is 298 cm³/mol. The molecule has 16 rings (SSSR count). The molecule has 7 heteroatoms. The van der Waals surface area contributed by atoms with Crippen LogP contribution >= 0.6 is 11.8 Å². The van der Waals surface area contributed by atoms with Crippen molar-refractivity contribution in [3.63, 3.8) is 0 Å². The number of hydrogen-bond donors (Lipinski definition) is 0. The Labute approximate surface area is 423 Å². The summed E-state index contributed by atoms with van der Waals surface area (Å²) in [7, 11) is 0. The molecule has 0 saturated carbocycles. The van der Waals surface area contributed by atoms with Crippen LogP contribution in [0.4, 0.5) is 5.69 Å². The highest BCUT2D eigenvalue weighted by Gasteiger charge is 2.51. The minimum atomic E-state index is -0.686. The van der Waals surface area contributed by atoms with Crippen LogP contribution in [0.2, 0.25) is 0 Å². The van der Waals surface area contributed by atoms with E-state index in [9.17, 15) is 0 Å². The Hall–Kier alpha value is -9.48. The number of fused-ring (bicyclic) bond motifs is 18. The molecular formula is C66H38N6S. The van der Waals surface area contributed by atoms with Gasteiger partial charge in [-0.3, -0.25) is 9.97 Å². The molecule has 0 radical (unpaired) electrons. The number of nitrogens with zero attached hydrogens (tertiary/aromatic N) is 6. The highest BCUT2D eigenvalue weighted by Crippen LogP contribution is 2.62. The molecule has 0 bridgehead atoms. The number of hydrogen-bond acceptors (Lipinski definition) is 3. The van der Waals surface area contributed by atoms with Crippen LogP contribution in [-0.4, -0.2) is 23.7 Å². The number of pyridine rings is 2. The van der Waals surface area contributed by atoms with Crippen molar-refractivity contribution in [1.29, 1.82) is 0 Å². The Bertz CT molecular complexity index is 4660. The molecule has 1 aliphatic heterocycles. The van der Waals surface area contributed by atoms with Gasteiger partial charge in [0, 0.05) is 54.8 Å². The van der Waals surface area contributed by atoms with E-state index in [4.69, 9.17) is 16.5 Å². The van der Waals surface area contributed by atoms with Crippen LogP contribution in [0.3, 0.4) is 0 Å². The highest BCUT2D eigenvalue weighted by molar-refractivity contribution is 7.99. The largest absolute Gasteiger partial charge is 0.309 e. The topological polar surface area (TPSA) is 44.9 Å². The third-order valence-electron chi connectivity index (χ3n) is 15.6. The van der Waals surface area contributed by atoms with Gasteiger partial charge in [-0.05, 0) is 136 Å². The summed E-state index contributed by atoms with van der Waals surface area (Å²) in [6.45, 7) is 7.80. The maximum atomic E-state index is 7.80. The molecule has 0 N–H and O–H groups in total. The molecule has 0 atom stereocenters. The van der Waals surface area contributed by atoms with Gasteiger partial charge >= 0.3 is 0 Å². The Morgan fingerprint density at radius 2 is 0.863 bits per heavy atom. The molecule has 0 fully saturated rings. The number of benzene rings is 9. The van der Waals surface area contributed by atoms with Crippen LogP contribution in [0.25, 0.3) is 110 Å². The normalized spacial score (nSPS) is 13.2. The van der Waals surface area contributed by atoms with Crippen molar-refractivity contribution in [3.8, 4) is 39.6 Å². The summed E-state index contributed by atoms with van der Waals surface area (Å²) in [5, 5.41) is 7.10. The Kier molecular flexibility index (Phi) is 8.28. The lowest BCUT2D eigenvalue weighted by Gasteiger charge is -2.39. The zero-order valence-corrected chi connectivity index (χ0v) is 39.8. The van der Waals surface area contributed by atoms with E-state index in [0.29, 0.717) is 5.69 Å². The molecule has 1 spiro atoms. The van der Waals surface area contributed by atoms with Gasteiger partial charge in [-0.2, -0.15) is 0 Å². The lowest BCUT2D eigenvalue weighted by molar-refractivity contribution is 0.718. The second kappa shape index (κ2) is 15.0. The first-order valence-electron chi connectivity index (χ1n) is 24.6. The van der Waals surface area contributed by atoms with Gasteiger partial charge in [0.1, 0.15) is 0 Å². The maximum absolute atomic E-state index is 7.80. The zero-order valence-electron chi connectivity index (χ0n) is 39.0. The fourth-order valence-corrected chi connectivity index (χ4v) is 13.9. The first-order chi connectivity index (χ1) is 36.2. The van der Waals surface area contributed by atoms with Gasteiger partial charge in [0.25, 0.3) is 0 Å². The van der Waals surface area contributed by atoms with Crippen molar-refractivity contribution in [2.75, 3.05) is 0 Å². The standard InChI is InChI=1S/C66H38N6S/c1-67-42-28-32-58-49(38-42)47-17-4-6-20-54(47)70(58)43-29-33-62-53(39-43)66(51-18-12-34-68-64(51)65-52(66)19-13-35-69-65)50-30-26-41(37-63(50)73-62)40-27-31-59-48(36-40)46-16-5-9-23-57(46)72(59)61-25-11-10-24-60(61)71-55-21-7-2-14-44(55)45-15-3-8-22-56(45)71/h2-39H. The van der Waals surface area contributed by atoms with Gasteiger partial charge in [0.15, 0.2) is 5.69 Å². The summed E-state index contributed by atoms with van der Waals surface area (Å²) < 4.78 is 7.23. The van der Waals surface area contributed by atoms with Gasteiger partial charge in [-0.1, -0.05) is 133 Å². The second-order valence-corrected chi connectivity index (χ2v) is 20.2. The van der Waals surface area contributed by atoms with Crippen molar-refractivity contribution in [1.82, 2.24) is 23.7 Å². The fourth-order valence-electron chi connectivity index (χ4n) is 12.7. The van der Waals surface area contributed by atoms with Crippen molar-refractivity contribution in [2.45, 2.75) is 15.2 Å². The van der Waals surface area contributed by atoms with E-state index in [2.05, 4.69) is 225 Å². The molecule has 1 aliphatic carbocycles. The molecule has 14 aromatic rings. The van der Waals surface area contributed by atoms with Gasteiger partial charge in [-0.25, -0.2) is 4.85 Å². The minimum Gasteiger partial charge on any atom is -0.309 e. The third kappa shape index (κ3) is 5.42. The average Bonchev–Trinajstić information content (AvgIpc) is 4.17. The van der Waals surface area contributed by atoms with E-state index >= 15 is 0 Å². The smallest absolute Gasteiger partial charge is 0.188 e. The summed E-state index contributed by atoms with van der Waals surface area (Å²) in [5.74, 6) is 0. The van der Waals surface area contributed by atoms with Crippen LogP contribution in [0, 0.1) is 6.57 Å². The fraction of sp³-hybridized carbons (Fsp3) is 0.0152. The van der Waals surface area contributed by atoms with Crippen LogP contribution < -0.4 is 0 Å². The molecule has 0 unspecified atom stereocenters. The van der Waals surface area contributed by atoms with Crippen LogP contribution in [0.15, 0.2) is 241 Å². The lowest BCUT2D eigenvalue weighted by atomic mass is 9.67. The van der Waals surface area contributed by atoms with Gasteiger partial charge in [0.2, 0.25) is 0 Å². The van der Waals surface area contributed by atoms with E-state index in [1.54, 1.807) is 0 Å². The summed E-state index contributed by atoms with van der Waals surface area (Å²) in [6.07, 6.45) is 3.78. The molecule has 338 valence electrons. The molecule has 5 aromatic heterocycles. The van der Waals surface area contributed by atoms with Crippen molar-refractivity contribution < 1.29 is 0 Å². The SMILES string of the molecule is [C-]#[N+]c1ccc2c(c1)c1ccccc1n2-c1ccc2c(c1)C1(c3ccc(-c4ccc5c(c4)c4ccccc4n5-c4ccccc4-n4c5ccccc5c5ccccc54)cc3S2)c2cccnc2-c2ncccc21. The van der Waals surface area contributed by atoms with Crippen molar-refractivity contribution in [3.05, 3.63) is 264 Å². The highest BCUT2D eigenvalue weighted by atomic mass is 32.2. The lowest BCUT2D eigenvalue weighted by Crippen LogP contribution is -2.32. The van der Waals surface area contributed by atoms with Gasteiger partial charge in [0.05, 0.1) is 67.8 Å². The third-order valence-corrected chi connectivity index (χ3v) is 16.7. The molecule has 6 nitrogen and oxygen atoms in total. The Morgan fingerprint density at radius 1 is 0.370 bits per heavy atom. The van der Waals surface area contributed by atoms with Gasteiger partial charge in [-0.15, -0.1) is 0 Å². The van der Waals surface area contributed by atoms with Crippen LogP contribution in [-0.2, 0) is 5.41 Å². The molecular weight excluding hydrogens is 909 g/mol. The van der Waals surface area contributed by atoms with E-state index in [-0.39, 0.29) is 0 Å². The predicted octanol–water partition coefficient (Wildman–Crippen LogP) is 16.8. The van der Waals surface area contributed by atoms with E-state index < -0.39 is 5.41 Å². The quantitative estimate of drug-likeness (QED) is 0.165. The average molecular weight is 947 g/mol. The number of aromatic nitrogens is 5.